The van der Waals surface area contributed by atoms with Crippen LogP contribution in [0.15, 0.2) is 17.5 Å². The first-order valence-electron chi connectivity index (χ1n) is 5.84. The molecule has 1 fully saturated rings. The van der Waals surface area contributed by atoms with E-state index in [4.69, 9.17) is 0 Å². The minimum atomic E-state index is -0.193. The molecule has 0 aliphatic carbocycles. The Hall–Kier alpha value is -1.12. The Bertz CT molecular complexity index is 548. The van der Waals surface area contributed by atoms with E-state index in [9.17, 15) is 4.79 Å². The lowest BCUT2D eigenvalue weighted by Gasteiger charge is -2.10. The molecule has 0 unspecified atom stereocenters. The average Bonchev–Trinajstić information content (AvgIpc) is 3.09. The third kappa shape index (κ3) is 3.26. The van der Waals surface area contributed by atoms with Gasteiger partial charge in [-0.15, -0.1) is 21.5 Å². The van der Waals surface area contributed by atoms with Gasteiger partial charge in [0.25, 0.3) is 0 Å². The summed E-state index contributed by atoms with van der Waals surface area (Å²) in [6, 6.07) is 4.04. The van der Waals surface area contributed by atoms with Gasteiger partial charge in [-0.05, 0) is 23.6 Å². The van der Waals surface area contributed by atoms with Crippen molar-refractivity contribution in [2.75, 3.05) is 16.8 Å². The number of hydrogen-bond donors (Lipinski definition) is 2. The van der Waals surface area contributed by atoms with Crippen molar-refractivity contribution in [1.29, 1.82) is 0 Å². The Labute approximate surface area is 122 Å². The van der Waals surface area contributed by atoms with Crippen LogP contribution < -0.4 is 10.6 Å². The fourth-order valence-corrected chi connectivity index (χ4v) is 4.42. The number of carbonyl (C=O) groups excluding carboxylic acids is 1. The molecule has 3 rings (SSSR count). The molecule has 1 aliphatic rings. The first-order chi connectivity index (χ1) is 9.31. The highest BCUT2D eigenvalue weighted by atomic mass is 32.2. The van der Waals surface area contributed by atoms with Crippen molar-refractivity contribution in [3.63, 3.8) is 0 Å². The second-order valence-electron chi connectivity index (χ2n) is 4.05. The molecule has 0 saturated carbocycles. The van der Waals surface area contributed by atoms with Gasteiger partial charge in [-0.25, -0.2) is 4.79 Å². The molecule has 5 nitrogen and oxygen atoms in total. The van der Waals surface area contributed by atoms with Crippen molar-refractivity contribution < 1.29 is 4.79 Å². The zero-order valence-electron chi connectivity index (χ0n) is 9.96. The maximum Gasteiger partial charge on any atom is 0.321 e. The molecule has 0 bridgehead atoms. The van der Waals surface area contributed by atoms with Crippen LogP contribution in [0.5, 0.6) is 0 Å². The van der Waals surface area contributed by atoms with Gasteiger partial charge in [0.1, 0.15) is 0 Å². The largest absolute Gasteiger partial charge is 0.334 e. The van der Waals surface area contributed by atoms with Gasteiger partial charge in [0, 0.05) is 11.8 Å². The fourth-order valence-electron chi connectivity index (χ4n) is 1.74. The van der Waals surface area contributed by atoms with Crippen LogP contribution in [-0.4, -0.2) is 33.8 Å². The molecule has 19 heavy (non-hydrogen) atoms. The van der Waals surface area contributed by atoms with Gasteiger partial charge in [-0.3, -0.25) is 5.32 Å². The zero-order chi connectivity index (χ0) is 13.1. The van der Waals surface area contributed by atoms with Crippen LogP contribution in [0.1, 0.15) is 6.42 Å². The predicted molar refractivity (Wildman–Crippen MR) is 81.1 cm³/mol. The van der Waals surface area contributed by atoms with Gasteiger partial charge in [-0.2, -0.15) is 11.8 Å². The minimum absolute atomic E-state index is 0.193. The normalized spacial score (nSPS) is 18.4. The zero-order valence-corrected chi connectivity index (χ0v) is 12.4. The summed E-state index contributed by atoms with van der Waals surface area (Å²) in [6.07, 6.45) is 1.04. The molecule has 0 spiro atoms. The lowest BCUT2D eigenvalue weighted by molar-refractivity contribution is 0.249. The van der Waals surface area contributed by atoms with Gasteiger partial charge in [-0.1, -0.05) is 17.4 Å². The first-order valence-corrected chi connectivity index (χ1v) is 8.69. The Balaban J connectivity index is 1.59. The van der Waals surface area contributed by atoms with Crippen LogP contribution in [0.25, 0.3) is 9.88 Å². The van der Waals surface area contributed by atoms with Crippen molar-refractivity contribution >= 4 is 45.6 Å². The highest BCUT2D eigenvalue weighted by Crippen LogP contribution is 2.29. The smallest absolute Gasteiger partial charge is 0.321 e. The van der Waals surface area contributed by atoms with Crippen LogP contribution in [0.2, 0.25) is 0 Å². The van der Waals surface area contributed by atoms with Gasteiger partial charge >= 0.3 is 6.03 Å². The molecule has 0 radical (unpaired) electrons. The molecular weight excluding hydrogens is 300 g/mol. The molecule has 100 valence electrons. The van der Waals surface area contributed by atoms with E-state index in [0.717, 1.165) is 27.8 Å². The number of thiophene rings is 1. The van der Waals surface area contributed by atoms with Gasteiger partial charge in [0.05, 0.1) is 4.88 Å². The SMILES string of the molecule is O=C(Nc1nnc(-c2cccs2)s1)N[C@@H]1CCSC1. The molecule has 2 N–H and O–H groups in total. The summed E-state index contributed by atoms with van der Waals surface area (Å²) in [4.78, 5) is 12.8. The number of amides is 2. The summed E-state index contributed by atoms with van der Waals surface area (Å²) in [5.74, 6) is 2.11. The number of carbonyl (C=O) groups is 1. The van der Waals surface area contributed by atoms with Crippen LogP contribution in [0.3, 0.4) is 0 Å². The molecule has 0 aromatic carbocycles. The molecule has 2 aromatic heterocycles. The van der Waals surface area contributed by atoms with E-state index in [0.29, 0.717) is 5.13 Å². The predicted octanol–water partition coefficient (Wildman–Crippen LogP) is 2.89. The highest BCUT2D eigenvalue weighted by Gasteiger charge is 2.18. The second kappa shape index (κ2) is 5.89. The number of hydrogen-bond acceptors (Lipinski definition) is 6. The quantitative estimate of drug-likeness (QED) is 0.914. The number of anilines is 1. The minimum Gasteiger partial charge on any atom is -0.334 e. The Morgan fingerprint density at radius 1 is 1.42 bits per heavy atom. The third-order valence-electron chi connectivity index (χ3n) is 2.64. The third-order valence-corrected chi connectivity index (χ3v) is 5.68. The van der Waals surface area contributed by atoms with Crippen molar-refractivity contribution in [2.45, 2.75) is 12.5 Å². The Morgan fingerprint density at radius 2 is 2.37 bits per heavy atom. The summed E-state index contributed by atoms with van der Waals surface area (Å²) in [7, 11) is 0. The average molecular weight is 312 g/mol. The molecule has 2 aromatic rings. The number of aromatic nitrogens is 2. The molecule has 1 atom stereocenters. The number of urea groups is 1. The van der Waals surface area contributed by atoms with E-state index in [1.165, 1.54) is 11.3 Å². The Morgan fingerprint density at radius 3 is 3.11 bits per heavy atom. The molecule has 8 heteroatoms. The van der Waals surface area contributed by atoms with Gasteiger partial charge in [0.2, 0.25) is 5.13 Å². The van der Waals surface area contributed by atoms with E-state index in [2.05, 4.69) is 20.8 Å². The van der Waals surface area contributed by atoms with E-state index in [-0.39, 0.29) is 12.1 Å². The van der Waals surface area contributed by atoms with E-state index in [1.807, 2.05) is 29.3 Å². The van der Waals surface area contributed by atoms with Crippen molar-refractivity contribution in [3.05, 3.63) is 17.5 Å². The van der Waals surface area contributed by atoms with Crippen LogP contribution in [-0.2, 0) is 0 Å². The van der Waals surface area contributed by atoms with Gasteiger partial charge < -0.3 is 5.32 Å². The fraction of sp³-hybridized carbons (Fsp3) is 0.364. The van der Waals surface area contributed by atoms with E-state index < -0.39 is 0 Å². The summed E-state index contributed by atoms with van der Waals surface area (Å²) in [5.41, 5.74) is 0. The summed E-state index contributed by atoms with van der Waals surface area (Å²) in [5, 5.41) is 17.1. The summed E-state index contributed by atoms with van der Waals surface area (Å²) in [6.45, 7) is 0. The number of nitrogens with one attached hydrogen (secondary N) is 2. The van der Waals surface area contributed by atoms with Crippen molar-refractivity contribution in [3.8, 4) is 9.88 Å². The second-order valence-corrected chi connectivity index (χ2v) is 7.12. The molecule has 2 amide bonds. The number of nitrogens with zero attached hydrogens (tertiary/aromatic N) is 2. The van der Waals surface area contributed by atoms with Crippen LogP contribution in [0, 0.1) is 0 Å². The van der Waals surface area contributed by atoms with Gasteiger partial charge in [0.15, 0.2) is 5.01 Å². The lowest BCUT2D eigenvalue weighted by Crippen LogP contribution is -2.37. The molecule has 3 heterocycles. The van der Waals surface area contributed by atoms with Crippen LogP contribution in [0.4, 0.5) is 9.93 Å². The topological polar surface area (TPSA) is 66.9 Å². The maximum absolute atomic E-state index is 11.8. The first kappa shape index (κ1) is 12.9. The van der Waals surface area contributed by atoms with Crippen molar-refractivity contribution in [2.24, 2.45) is 0 Å². The van der Waals surface area contributed by atoms with E-state index in [1.54, 1.807) is 11.3 Å². The molecule has 1 aliphatic heterocycles. The standard InChI is InChI=1S/C11H12N4OS3/c16-10(12-7-3-5-17-6-7)13-11-15-14-9(19-11)8-2-1-4-18-8/h1-2,4,7H,3,5-6H2,(H2,12,13,15,16)/t7-/m1/s1. The molecular formula is C11H12N4OS3. The molecule has 1 saturated heterocycles. The highest BCUT2D eigenvalue weighted by molar-refractivity contribution is 7.99. The summed E-state index contributed by atoms with van der Waals surface area (Å²) >= 11 is 4.87. The Kier molecular flexibility index (Phi) is 4.00. The number of thioether (sulfide) groups is 1. The lowest BCUT2D eigenvalue weighted by atomic mass is 10.3. The van der Waals surface area contributed by atoms with E-state index >= 15 is 0 Å². The maximum atomic E-state index is 11.8. The monoisotopic (exact) mass is 312 g/mol. The number of rotatable bonds is 3. The van der Waals surface area contributed by atoms with Crippen molar-refractivity contribution in [1.82, 2.24) is 15.5 Å². The van der Waals surface area contributed by atoms with Crippen LogP contribution >= 0.6 is 34.4 Å². The summed E-state index contributed by atoms with van der Waals surface area (Å²) < 4.78 is 0.